The Labute approximate surface area is 84.2 Å². The number of aliphatic hydroxyl groups is 1. The standard InChI is InChI=1S/C11H17NO2/c1-8-2-3-11(14)10(4-8)5-9(6-12)7-13/h2-4,9,13-14H,5-7,12H2,1H3. The molecule has 0 radical (unpaired) electrons. The summed E-state index contributed by atoms with van der Waals surface area (Å²) in [6.07, 6.45) is 0.626. The molecule has 1 aromatic carbocycles. The molecule has 78 valence electrons. The highest BCUT2D eigenvalue weighted by molar-refractivity contribution is 5.35. The van der Waals surface area contributed by atoms with Crippen LogP contribution in [-0.2, 0) is 6.42 Å². The van der Waals surface area contributed by atoms with Gasteiger partial charge in [0.1, 0.15) is 5.75 Å². The van der Waals surface area contributed by atoms with Gasteiger partial charge < -0.3 is 15.9 Å². The Morgan fingerprint density at radius 1 is 1.43 bits per heavy atom. The zero-order valence-electron chi connectivity index (χ0n) is 8.40. The van der Waals surface area contributed by atoms with Crippen LogP contribution < -0.4 is 5.73 Å². The Balaban J connectivity index is 2.79. The molecule has 0 fully saturated rings. The van der Waals surface area contributed by atoms with E-state index in [0.29, 0.717) is 13.0 Å². The predicted molar refractivity (Wildman–Crippen MR) is 56.2 cm³/mol. The van der Waals surface area contributed by atoms with E-state index in [-0.39, 0.29) is 18.3 Å². The van der Waals surface area contributed by atoms with E-state index in [0.717, 1.165) is 11.1 Å². The number of hydrogen-bond acceptors (Lipinski definition) is 3. The largest absolute Gasteiger partial charge is 0.508 e. The van der Waals surface area contributed by atoms with Crippen LogP contribution in [0.3, 0.4) is 0 Å². The van der Waals surface area contributed by atoms with Crippen LogP contribution in [0.1, 0.15) is 11.1 Å². The van der Waals surface area contributed by atoms with Crippen LogP contribution in [-0.4, -0.2) is 23.4 Å². The maximum absolute atomic E-state index is 9.55. The van der Waals surface area contributed by atoms with Gasteiger partial charge in [-0.1, -0.05) is 17.7 Å². The van der Waals surface area contributed by atoms with Gasteiger partial charge in [-0.25, -0.2) is 0 Å². The molecule has 0 heterocycles. The van der Waals surface area contributed by atoms with Crippen molar-refractivity contribution in [2.75, 3.05) is 13.2 Å². The third-order valence-corrected chi connectivity index (χ3v) is 2.34. The van der Waals surface area contributed by atoms with Crippen molar-refractivity contribution in [3.05, 3.63) is 29.3 Å². The van der Waals surface area contributed by atoms with Crippen molar-refractivity contribution >= 4 is 0 Å². The summed E-state index contributed by atoms with van der Waals surface area (Å²) >= 11 is 0. The molecule has 0 spiro atoms. The van der Waals surface area contributed by atoms with E-state index < -0.39 is 0 Å². The minimum atomic E-state index is 0.0303. The molecule has 1 atom stereocenters. The Morgan fingerprint density at radius 3 is 2.71 bits per heavy atom. The lowest BCUT2D eigenvalue weighted by Crippen LogP contribution is -2.20. The van der Waals surface area contributed by atoms with Crippen LogP contribution in [0, 0.1) is 12.8 Å². The summed E-state index contributed by atoms with van der Waals surface area (Å²) in [5.41, 5.74) is 7.44. The van der Waals surface area contributed by atoms with Gasteiger partial charge in [-0.3, -0.25) is 0 Å². The molecule has 0 bridgehead atoms. The quantitative estimate of drug-likeness (QED) is 0.666. The number of phenolic OH excluding ortho intramolecular Hbond substituents is 1. The molecule has 3 heteroatoms. The van der Waals surface area contributed by atoms with Crippen LogP contribution in [0.2, 0.25) is 0 Å². The predicted octanol–water partition coefficient (Wildman–Crippen LogP) is 0.810. The molecular formula is C11H17NO2. The minimum absolute atomic E-state index is 0.0303. The van der Waals surface area contributed by atoms with Crippen molar-refractivity contribution in [3.63, 3.8) is 0 Å². The molecule has 1 rings (SSSR count). The van der Waals surface area contributed by atoms with E-state index in [2.05, 4.69) is 0 Å². The van der Waals surface area contributed by atoms with E-state index >= 15 is 0 Å². The fraction of sp³-hybridized carbons (Fsp3) is 0.455. The summed E-state index contributed by atoms with van der Waals surface area (Å²) in [6.45, 7) is 2.47. The SMILES string of the molecule is Cc1ccc(O)c(CC(CN)CO)c1. The fourth-order valence-corrected chi connectivity index (χ4v) is 1.41. The van der Waals surface area contributed by atoms with Crippen molar-refractivity contribution in [2.24, 2.45) is 11.7 Å². The monoisotopic (exact) mass is 195 g/mol. The Morgan fingerprint density at radius 2 is 2.14 bits per heavy atom. The molecular weight excluding hydrogens is 178 g/mol. The molecule has 0 aromatic heterocycles. The van der Waals surface area contributed by atoms with Gasteiger partial charge in [0.25, 0.3) is 0 Å². The summed E-state index contributed by atoms with van der Waals surface area (Å²) in [5.74, 6) is 0.310. The average Bonchev–Trinajstić information content (AvgIpc) is 2.19. The average molecular weight is 195 g/mol. The van der Waals surface area contributed by atoms with Gasteiger partial charge in [0.15, 0.2) is 0 Å². The molecule has 4 N–H and O–H groups in total. The summed E-state index contributed by atoms with van der Waals surface area (Å²) in [6, 6.07) is 5.46. The number of aromatic hydroxyl groups is 1. The number of hydrogen-bond donors (Lipinski definition) is 3. The van der Waals surface area contributed by atoms with Gasteiger partial charge in [0.05, 0.1) is 0 Å². The maximum Gasteiger partial charge on any atom is 0.118 e. The Kier molecular flexibility index (Phi) is 3.92. The first kappa shape index (κ1) is 11.0. The lowest BCUT2D eigenvalue weighted by molar-refractivity contribution is 0.229. The molecule has 1 aromatic rings. The maximum atomic E-state index is 9.55. The molecule has 0 saturated carbocycles. The lowest BCUT2D eigenvalue weighted by Gasteiger charge is -2.12. The highest BCUT2D eigenvalue weighted by atomic mass is 16.3. The van der Waals surface area contributed by atoms with Crippen molar-refractivity contribution in [1.82, 2.24) is 0 Å². The molecule has 0 aliphatic heterocycles. The molecule has 0 aliphatic carbocycles. The van der Waals surface area contributed by atoms with Crippen LogP contribution >= 0.6 is 0 Å². The van der Waals surface area contributed by atoms with Crippen LogP contribution in [0.25, 0.3) is 0 Å². The number of nitrogens with two attached hydrogens (primary N) is 1. The van der Waals surface area contributed by atoms with E-state index in [1.165, 1.54) is 0 Å². The van der Waals surface area contributed by atoms with Crippen molar-refractivity contribution in [2.45, 2.75) is 13.3 Å². The lowest BCUT2D eigenvalue weighted by atomic mass is 9.98. The van der Waals surface area contributed by atoms with Gasteiger partial charge in [-0.05, 0) is 37.4 Å². The van der Waals surface area contributed by atoms with E-state index in [1.807, 2.05) is 19.1 Å². The first-order valence-corrected chi connectivity index (χ1v) is 4.76. The minimum Gasteiger partial charge on any atom is -0.508 e. The molecule has 0 amide bonds. The molecule has 0 aliphatic rings. The molecule has 3 nitrogen and oxygen atoms in total. The number of phenols is 1. The first-order valence-electron chi connectivity index (χ1n) is 4.76. The van der Waals surface area contributed by atoms with Gasteiger partial charge in [0, 0.05) is 6.61 Å². The van der Waals surface area contributed by atoms with E-state index in [4.69, 9.17) is 10.8 Å². The van der Waals surface area contributed by atoms with E-state index in [9.17, 15) is 5.11 Å². The smallest absolute Gasteiger partial charge is 0.118 e. The third kappa shape index (κ3) is 2.72. The Bertz CT molecular complexity index is 295. The van der Waals surface area contributed by atoms with Crippen LogP contribution in [0.15, 0.2) is 18.2 Å². The fourth-order valence-electron chi connectivity index (χ4n) is 1.41. The summed E-state index contributed by atoms with van der Waals surface area (Å²) < 4.78 is 0. The van der Waals surface area contributed by atoms with Gasteiger partial charge in [0.2, 0.25) is 0 Å². The number of aliphatic hydroxyl groups excluding tert-OH is 1. The van der Waals surface area contributed by atoms with Crippen LogP contribution in [0.5, 0.6) is 5.75 Å². The van der Waals surface area contributed by atoms with Crippen LogP contribution in [0.4, 0.5) is 0 Å². The van der Waals surface area contributed by atoms with Gasteiger partial charge in [-0.15, -0.1) is 0 Å². The molecule has 1 unspecified atom stereocenters. The highest BCUT2D eigenvalue weighted by Crippen LogP contribution is 2.21. The van der Waals surface area contributed by atoms with Crippen molar-refractivity contribution in [3.8, 4) is 5.75 Å². The van der Waals surface area contributed by atoms with E-state index in [1.54, 1.807) is 6.07 Å². The zero-order valence-corrected chi connectivity index (χ0v) is 8.40. The summed E-state index contributed by atoms with van der Waals surface area (Å²) in [5, 5.41) is 18.5. The second-order valence-electron chi connectivity index (χ2n) is 3.62. The second-order valence-corrected chi connectivity index (χ2v) is 3.62. The normalized spacial score (nSPS) is 12.8. The number of aryl methyl sites for hydroxylation is 1. The molecule has 14 heavy (non-hydrogen) atoms. The topological polar surface area (TPSA) is 66.5 Å². The van der Waals surface area contributed by atoms with Crippen molar-refractivity contribution in [1.29, 1.82) is 0 Å². The Hall–Kier alpha value is -1.06. The van der Waals surface area contributed by atoms with Crippen molar-refractivity contribution < 1.29 is 10.2 Å². The summed E-state index contributed by atoms with van der Waals surface area (Å²) in [4.78, 5) is 0. The van der Waals surface area contributed by atoms with Gasteiger partial charge >= 0.3 is 0 Å². The zero-order chi connectivity index (χ0) is 10.6. The second kappa shape index (κ2) is 4.98. The van der Waals surface area contributed by atoms with Gasteiger partial charge in [-0.2, -0.15) is 0 Å². The third-order valence-electron chi connectivity index (χ3n) is 2.34. The first-order chi connectivity index (χ1) is 6.67. The summed E-state index contributed by atoms with van der Waals surface area (Å²) in [7, 11) is 0. The number of benzene rings is 1. The molecule has 0 saturated heterocycles. The highest BCUT2D eigenvalue weighted by Gasteiger charge is 2.09. The number of rotatable bonds is 4.